The first-order chi connectivity index (χ1) is 23.0. The Morgan fingerprint density at radius 2 is 1.50 bits per heavy atom. The van der Waals surface area contributed by atoms with Crippen LogP contribution in [-0.2, 0) is 33.4 Å². The summed E-state index contributed by atoms with van der Waals surface area (Å²) in [4.78, 5) is 61.7. The van der Waals surface area contributed by atoms with Gasteiger partial charge in [0.05, 0.1) is 5.56 Å². The minimum atomic E-state index is -0.674. The molecule has 10 heteroatoms. The third-order valence-corrected chi connectivity index (χ3v) is 11.4. The molecule has 3 fully saturated rings. The van der Waals surface area contributed by atoms with Gasteiger partial charge in [0.1, 0.15) is 26.4 Å². The summed E-state index contributed by atoms with van der Waals surface area (Å²) in [5.41, 5.74) is 1.43. The SMILES string of the molecule is C=CC(=O)OCCOc1ccc(C(=O)OCC(=O)[C@H]2CC[C@H]3[C@@H]4CCC5=CC(=O)CC[C@]5(C)[C@H]4CC[C@]23C)cc1OCCOC(=O)C=C. The second kappa shape index (κ2) is 14.9. The maximum atomic E-state index is 13.7. The molecule has 5 rings (SSSR count). The Morgan fingerprint density at radius 3 is 2.19 bits per heavy atom. The number of rotatable bonds is 14. The fourth-order valence-corrected chi connectivity index (χ4v) is 8.98. The number of hydrogen-bond acceptors (Lipinski definition) is 10. The van der Waals surface area contributed by atoms with Gasteiger partial charge in [-0.2, -0.15) is 0 Å². The summed E-state index contributed by atoms with van der Waals surface area (Å²) in [5, 5.41) is 0. The standard InChI is InChI=1S/C38H46O10/c1-5-34(41)46-19-17-44-32-12-7-24(21-33(32)45-18-20-47-35(42)6-2)36(43)48-23-31(40)30-11-10-28-27-9-8-25-22-26(39)13-15-37(25,3)29(27)14-16-38(28,30)4/h5-7,12,21-22,27-30H,1-2,8-11,13-20,23H2,3-4H3/t27-,28-,29-,30+,37-,38-/m0/s1. The molecule has 0 amide bonds. The van der Waals surface area contributed by atoms with E-state index in [0.29, 0.717) is 24.2 Å². The van der Waals surface area contributed by atoms with E-state index in [2.05, 4.69) is 27.0 Å². The molecule has 0 aliphatic heterocycles. The summed E-state index contributed by atoms with van der Waals surface area (Å²) >= 11 is 0. The maximum absolute atomic E-state index is 13.7. The third-order valence-electron chi connectivity index (χ3n) is 11.4. The van der Waals surface area contributed by atoms with Crippen molar-refractivity contribution in [1.29, 1.82) is 0 Å². The van der Waals surface area contributed by atoms with Crippen molar-refractivity contribution in [2.45, 2.75) is 65.2 Å². The highest BCUT2D eigenvalue weighted by atomic mass is 16.6. The Hall–Kier alpha value is -4.21. The predicted octanol–water partition coefficient (Wildman–Crippen LogP) is 5.78. The summed E-state index contributed by atoms with van der Waals surface area (Å²) < 4.78 is 26.9. The van der Waals surface area contributed by atoms with Crippen molar-refractivity contribution < 1.29 is 47.7 Å². The van der Waals surface area contributed by atoms with Gasteiger partial charge in [0, 0.05) is 24.5 Å². The molecule has 10 nitrogen and oxygen atoms in total. The van der Waals surface area contributed by atoms with Crippen LogP contribution in [0.3, 0.4) is 0 Å². The van der Waals surface area contributed by atoms with Crippen molar-refractivity contribution in [3.63, 3.8) is 0 Å². The number of Topliss-reactive ketones (excluding diaryl/α,β-unsaturated/α-hetero) is 1. The zero-order valence-electron chi connectivity index (χ0n) is 28.0. The van der Waals surface area contributed by atoms with Gasteiger partial charge >= 0.3 is 17.9 Å². The van der Waals surface area contributed by atoms with Crippen LogP contribution >= 0.6 is 0 Å². The molecule has 0 radical (unpaired) electrons. The number of carbonyl (C=O) groups is 5. The molecule has 0 spiro atoms. The van der Waals surface area contributed by atoms with Gasteiger partial charge in [-0.15, -0.1) is 0 Å². The summed E-state index contributed by atoms with van der Waals surface area (Å²) in [6.45, 7) is 10.9. The molecule has 0 N–H and O–H groups in total. The number of fused-ring (bicyclic) bond motifs is 5. The summed E-state index contributed by atoms with van der Waals surface area (Å²) in [7, 11) is 0. The lowest BCUT2D eigenvalue weighted by molar-refractivity contribution is -0.139. The Bertz CT molecular complexity index is 1490. The molecule has 3 saturated carbocycles. The van der Waals surface area contributed by atoms with E-state index in [-0.39, 0.29) is 78.4 Å². The monoisotopic (exact) mass is 662 g/mol. The van der Waals surface area contributed by atoms with Crippen molar-refractivity contribution in [1.82, 2.24) is 0 Å². The molecule has 1 aromatic carbocycles. The average molecular weight is 663 g/mol. The van der Waals surface area contributed by atoms with Crippen LogP contribution in [0.4, 0.5) is 0 Å². The molecule has 6 atom stereocenters. The molecule has 4 aliphatic carbocycles. The zero-order valence-corrected chi connectivity index (χ0v) is 28.0. The Balaban J connectivity index is 1.20. The van der Waals surface area contributed by atoms with E-state index >= 15 is 0 Å². The molecule has 0 aromatic heterocycles. The lowest BCUT2D eigenvalue weighted by Gasteiger charge is -2.58. The van der Waals surface area contributed by atoms with Crippen molar-refractivity contribution in [2.75, 3.05) is 33.0 Å². The van der Waals surface area contributed by atoms with Crippen LogP contribution in [0.5, 0.6) is 11.5 Å². The minimum absolute atomic E-state index is 0.0131. The van der Waals surface area contributed by atoms with E-state index in [4.69, 9.17) is 23.7 Å². The normalized spacial score (nSPS) is 28.8. The highest BCUT2D eigenvalue weighted by Gasteiger charge is 2.60. The van der Waals surface area contributed by atoms with Crippen LogP contribution in [-0.4, -0.2) is 62.5 Å². The van der Waals surface area contributed by atoms with Gasteiger partial charge in [0.15, 0.2) is 29.7 Å². The molecule has 0 bridgehead atoms. The third kappa shape index (κ3) is 7.27. The minimum Gasteiger partial charge on any atom is -0.486 e. The van der Waals surface area contributed by atoms with E-state index in [0.717, 1.165) is 57.1 Å². The van der Waals surface area contributed by atoms with Crippen LogP contribution in [0.2, 0.25) is 0 Å². The molecule has 258 valence electrons. The molecular formula is C38H46O10. The van der Waals surface area contributed by atoms with Gasteiger partial charge in [-0.05, 0) is 97.8 Å². The fraction of sp³-hybridized carbons (Fsp3) is 0.553. The zero-order chi connectivity index (χ0) is 34.5. The van der Waals surface area contributed by atoms with Crippen LogP contribution in [0.25, 0.3) is 0 Å². The number of benzene rings is 1. The largest absolute Gasteiger partial charge is 0.486 e. The van der Waals surface area contributed by atoms with Gasteiger partial charge in [0.25, 0.3) is 0 Å². The average Bonchev–Trinajstić information content (AvgIpc) is 3.45. The molecular weight excluding hydrogens is 616 g/mol. The van der Waals surface area contributed by atoms with E-state index < -0.39 is 17.9 Å². The molecule has 0 saturated heterocycles. The smallest absolute Gasteiger partial charge is 0.338 e. The highest BCUT2D eigenvalue weighted by molar-refractivity contribution is 5.93. The number of hydrogen-bond donors (Lipinski definition) is 0. The fourth-order valence-electron chi connectivity index (χ4n) is 8.98. The van der Waals surface area contributed by atoms with E-state index in [1.165, 1.54) is 23.8 Å². The molecule has 0 heterocycles. The number of ether oxygens (including phenoxy) is 5. The maximum Gasteiger partial charge on any atom is 0.338 e. The van der Waals surface area contributed by atoms with Gasteiger partial charge in [0.2, 0.25) is 0 Å². The van der Waals surface area contributed by atoms with Crippen LogP contribution in [0, 0.1) is 34.5 Å². The Morgan fingerprint density at radius 1 is 0.812 bits per heavy atom. The molecule has 4 aliphatic rings. The number of ketones is 2. The summed E-state index contributed by atoms with van der Waals surface area (Å²) in [6, 6.07) is 4.46. The number of esters is 3. The first-order valence-corrected chi connectivity index (χ1v) is 16.9. The summed E-state index contributed by atoms with van der Waals surface area (Å²) in [6.07, 6.45) is 11.4. The van der Waals surface area contributed by atoms with Crippen LogP contribution in [0.15, 0.2) is 55.2 Å². The second-order valence-electron chi connectivity index (χ2n) is 13.8. The number of allylic oxidation sites excluding steroid dienone is 1. The summed E-state index contributed by atoms with van der Waals surface area (Å²) in [5.74, 6) is 0.148. The highest BCUT2D eigenvalue weighted by Crippen LogP contribution is 2.66. The Labute approximate surface area is 281 Å². The predicted molar refractivity (Wildman–Crippen MR) is 175 cm³/mol. The molecule has 48 heavy (non-hydrogen) atoms. The van der Waals surface area contributed by atoms with Gasteiger partial charge in [-0.1, -0.05) is 32.6 Å². The van der Waals surface area contributed by atoms with Crippen LogP contribution in [0.1, 0.15) is 75.6 Å². The van der Waals surface area contributed by atoms with Crippen molar-refractivity contribution in [3.05, 3.63) is 60.7 Å². The van der Waals surface area contributed by atoms with E-state index in [1.54, 1.807) is 0 Å². The molecule has 1 aromatic rings. The number of carbonyl (C=O) groups excluding carboxylic acids is 5. The van der Waals surface area contributed by atoms with Gasteiger partial charge < -0.3 is 23.7 Å². The first-order valence-electron chi connectivity index (χ1n) is 16.9. The van der Waals surface area contributed by atoms with E-state index in [9.17, 15) is 24.0 Å². The van der Waals surface area contributed by atoms with Crippen LogP contribution < -0.4 is 9.47 Å². The quantitative estimate of drug-likeness (QED) is 0.105. The lowest BCUT2D eigenvalue weighted by atomic mass is 9.46. The Kier molecular flexibility index (Phi) is 10.9. The lowest BCUT2D eigenvalue weighted by Crippen LogP contribution is -2.51. The van der Waals surface area contributed by atoms with Crippen molar-refractivity contribution in [3.8, 4) is 11.5 Å². The first kappa shape index (κ1) is 35.1. The van der Waals surface area contributed by atoms with E-state index in [1.807, 2.05) is 6.08 Å². The van der Waals surface area contributed by atoms with Crippen molar-refractivity contribution in [2.24, 2.45) is 34.5 Å². The van der Waals surface area contributed by atoms with Gasteiger partial charge in [-0.25, -0.2) is 14.4 Å². The molecule has 0 unspecified atom stereocenters. The topological polar surface area (TPSA) is 132 Å². The van der Waals surface area contributed by atoms with Gasteiger partial charge in [-0.3, -0.25) is 9.59 Å². The second-order valence-corrected chi connectivity index (χ2v) is 13.8. The van der Waals surface area contributed by atoms with Crippen molar-refractivity contribution >= 4 is 29.5 Å².